The second-order valence-corrected chi connectivity index (χ2v) is 8.04. The fourth-order valence-electron chi connectivity index (χ4n) is 2.69. The minimum atomic E-state index is -1.19. The van der Waals surface area contributed by atoms with Gasteiger partial charge in [0, 0.05) is 19.2 Å². The number of carbonyl (C=O) groups excluding carboxylic acids is 3. The molecule has 2 amide bonds. The second kappa shape index (κ2) is 14.0. The van der Waals surface area contributed by atoms with Gasteiger partial charge in [0.25, 0.3) is 0 Å². The number of guanidine groups is 1. The van der Waals surface area contributed by atoms with Gasteiger partial charge in [0.1, 0.15) is 6.04 Å². The highest BCUT2D eigenvalue weighted by molar-refractivity contribution is 8.13. The molecule has 1 unspecified atom stereocenters. The molecule has 0 aliphatic heterocycles. The van der Waals surface area contributed by atoms with Crippen LogP contribution in [0.2, 0.25) is 0 Å². The molecule has 1 aromatic carbocycles. The summed E-state index contributed by atoms with van der Waals surface area (Å²) < 4.78 is 0. The average Bonchev–Trinajstić information content (AvgIpc) is 2.71. The van der Waals surface area contributed by atoms with E-state index in [0.29, 0.717) is 19.4 Å². The Labute approximate surface area is 185 Å². The Morgan fingerprint density at radius 3 is 2.42 bits per heavy atom. The van der Waals surface area contributed by atoms with E-state index in [4.69, 9.17) is 11.1 Å². The largest absolute Gasteiger partial charge is 0.480 e. The van der Waals surface area contributed by atoms with Crippen molar-refractivity contribution in [2.24, 2.45) is 11.7 Å². The number of nitrogens with one attached hydrogen (secondary N) is 4. The average molecular weight is 452 g/mol. The van der Waals surface area contributed by atoms with Crippen LogP contribution in [0.4, 0.5) is 0 Å². The van der Waals surface area contributed by atoms with Crippen LogP contribution in [0.15, 0.2) is 30.3 Å². The SMILES string of the molecule is CC(=O)SCC(Cc1ccccc1)C(=O)NCC(=O)N[C@@H](CCCNC(=N)N)C(=O)O. The summed E-state index contributed by atoms with van der Waals surface area (Å²) in [6, 6.07) is 8.21. The summed E-state index contributed by atoms with van der Waals surface area (Å²) >= 11 is 1.04. The van der Waals surface area contributed by atoms with E-state index in [2.05, 4.69) is 16.0 Å². The highest BCUT2D eigenvalue weighted by Crippen LogP contribution is 2.15. The van der Waals surface area contributed by atoms with Gasteiger partial charge in [0.15, 0.2) is 11.1 Å². The maximum Gasteiger partial charge on any atom is 0.326 e. The molecule has 0 radical (unpaired) electrons. The standard InChI is InChI=1S/C20H29N5O5S/c1-13(26)31-12-15(10-14-6-3-2-4-7-14)18(28)24-11-17(27)25-16(19(29)30)8-5-9-23-20(21)22/h2-4,6-7,15-16H,5,8-12H2,1H3,(H,24,28)(H,25,27)(H,29,30)(H4,21,22,23)/t15?,16-/m0/s1. The van der Waals surface area contributed by atoms with Crippen LogP contribution in [0, 0.1) is 11.3 Å². The normalized spacial score (nSPS) is 12.3. The van der Waals surface area contributed by atoms with Crippen molar-refractivity contribution in [1.82, 2.24) is 16.0 Å². The second-order valence-electron chi connectivity index (χ2n) is 6.85. The van der Waals surface area contributed by atoms with Crippen molar-refractivity contribution in [3.63, 3.8) is 0 Å². The van der Waals surface area contributed by atoms with Gasteiger partial charge in [-0.3, -0.25) is 19.8 Å². The molecule has 0 fully saturated rings. The maximum absolute atomic E-state index is 12.6. The van der Waals surface area contributed by atoms with Gasteiger partial charge in [-0.1, -0.05) is 42.1 Å². The number of hydrogen-bond donors (Lipinski definition) is 6. The quantitative estimate of drug-likeness (QED) is 0.139. The van der Waals surface area contributed by atoms with Gasteiger partial charge in [0.2, 0.25) is 11.8 Å². The van der Waals surface area contributed by atoms with Gasteiger partial charge in [0.05, 0.1) is 12.5 Å². The summed E-state index contributed by atoms with van der Waals surface area (Å²) in [5, 5.41) is 23.7. The number of amides is 2. The Kier molecular flexibility index (Phi) is 11.7. The third kappa shape index (κ3) is 11.6. The first-order chi connectivity index (χ1) is 14.7. The van der Waals surface area contributed by atoms with Crippen LogP contribution in [-0.4, -0.2) is 58.8 Å². The van der Waals surface area contributed by atoms with Crippen LogP contribution >= 0.6 is 11.8 Å². The van der Waals surface area contributed by atoms with Gasteiger partial charge in [-0.25, -0.2) is 4.79 Å². The molecule has 0 spiro atoms. The first-order valence-corrected chi connectivity index (χ1v) is 10.7. The van der Waals surface area contributed by atoms with Crippen LogP contribution in [0.1, 0.15) is 25.3 Å². The molecule has 11 heteroatoms. The van der Waals surface area contributed by atoms with Crippen molar-refractivity contribution in [2.75, 3.05) is 18.8 Å². The van der Waals surface area contributed by atoms with Crippen molar-refractivity contribution in [2.45, 2.75) is 32.2 Å². The Morgan fingerprint density at radius 2 is 1.84 bits per heavy atom. The lowest BCUT2D eigenvalue weighted by Gasteiger charge is -2.18. The summed E-state index contributed by atoms with van der Waals surface area (Å²) in [7, 11) is 0. The van der Waals surface area contributed by atoms with Crippen LogP contribution in [0.25, 0.3) is 0 Å². The monoisotopic (exact) mass is 451 g/mol. The first kappa shape index (κ1) is 26.0. The number of carboxylic acids is 1. The highest BCUT2D eigenvalue weighted by atomic mass is 32.2. The molecule has 0 aliphatic carbocycles. The number of benzene rings is 1. The molecular formula is C20H29N5O5S. The third-order valence-electron chi connectivity index (χ3n) is 4.23. The summed E-state index contributed by atoms with van der Waals surface area (Å²) in [5.74, 6) is -2.66. The predicted octanol–water partition coefficient (Wildman–Crippen LogP) is 0.0739. The van der Waals surface area contributed by atoms with Gasteiger partial charge < -0.3 is 26.8 Å². The molecule has 0 bridgehead atoms. The van der Waals surface area contributed by atoms with E-state index in [-0.39, 0.29) is 35.7 Å². The van der Waals surface area contributed by atoms with Crippen molar-refractivity contribution in [1.29, 1.82) is 5.41 Å². The smallest absolute Gasteiger partial charge is 0.326 e. The lowest BCUT2D eigenvalue weighted by molar-refractivity contribution is -0.142. The maximum atomic E-state index is 12.6. The van der Waals surface area contributed by atoms with Gasteiger partial charge in [-0.15, -0.1) is 0 Å². The molecule has 0 saturated carbocycles. The van der Waals surface area contributed by atoms with E-state index in [1.165, 1.54) is 6.92 Å². The number of rotatable bonds is 13. The molecular weight excluding hydrogens is 422 g/mol. The Bertz CT molecular complexity index is 774. The summed E-state index contributed by atoms with van der Waals surface area (Å²) in [5.41, 5.74) is 6.09. The van der Waals surface area contributed by atoms with Gasteiger partial charge in [-0.2, -0.15) is 0 Å². The Hall–Kier alpha value is -3.08. The zero-order valence-corrected chi connectivity index (χ0v) is 18.2. The van der Waals surface area contributed by atoms with E-state index in [1.54, 1.807) is 0 Å². The number of carboxylic acid groups (broad SMARTS) is 1. The number of nitrogens with two attached hydrogens (primary N) is 1. The van der Waals surface area contributed by atoms with Crippen LogP contribution in [-0.2, 0) is 25.6 Å². The van der Waals surface area contributed by atoms with E-state index >= 15 is 0 Å². The molecule has 10 nitrogen and oxygen atoms in total. The zero-order chi connectivity index (χ0) is 23.2. The molecule has 7 N–H and O–H groups in total. The fourth-order valence-corrected chi connectivity index (χ4v) is 3.39. The molecule has 31 heavy (non-hydrogen) atoms. The zero-order valence-electron chi connectivity index (χ0n) is 17.3. The topological polar surface area (TPSA) is 174 Å². The molecule has 2 atom stereocenters. The Morgan fingerprint density at radius 1 is 1.16 bits per heavy atom. The lowest BCUT2D eigenvalue weighted by atomic mass is 10.0. The van der Waals surface area contributed by atoms with Crippen molar-refractivity contribution >= 4 is 40.6 Å². The van der Waals surface area contributed by atoms with Crippen molar-refractivity contribution in [3.05, 3.63) is 35.9 Å². The van der Waals surface area contributed by atoms with Crippen molar-refractivity contribution in [3.8, 4) is 0 Å². The molecule has 1 aromatic rings. The lowest BCUT2D eigenvalue weighted by Crippen LogP contribution is -2.47. The summed E-state index contributed by atoms with van der Waals surface area (Å²) in [6.45, 7) is 1.36. The highest BCUT2D eigenvalue weighted by Gasteiger charge is 2.23. The fraction of sp³-hybridized carbons (Fsp3) is 0.450. The minimum Gasteiger partial charge on any atom is -0.480 e. The molecule has 0 aromatic heterocycles. The summed E-state index contributed by atoms with van der Waals surface area (Å²) in [4.78, 5) is 47.4. The Balaban J connectivity index is 2.57. The number of carbonyl (C=O) groups is 4. The predicted molar refractivity (Wildman–Crippen MR) is 119 cm³/mol. The first-order valence-electron chi connectivity index (χ1n) is 9.74. The number of aliphatic carboxylic acids is 1. The van der Waals surface area contributed by atoms with Crippen LogP contribution in [0.5, 0.6) is 0 Å². The van der Waals surface area contributed by atoms with Crippen molar-refractivity contribution < 1.29 is 24.3 Å². The van der Waals surface area contributed by atoms with E-state index in [9.17, 15) is 24.3 Å². The molecule has 0 aliphatic rings. The minimum absolute atomic E-state index is 0.104. The number of thioether (sulfide) groups is 1. The van der Waals surface area contributed by atoms with Gasteiger partial charge >= 0.3 is 5.97 Å². The van der Waals surface area contributed by atoms with Crippen LogP contribution < -0.4 is 21.7 Å². The van der Waals surface area contributed by atoms with E-state index in [1.807, 2.05) is 30.3 Å². The molecule has 0 heterocycles. The number of hydrogen-bond acceptors (Lipinski definition) is 6. The third-order valence-corrected chi connectivity index (χ3v) is 5.20. The molecule has 170 valence electrons. The van der Waals surface area contributed by atoms with E-state index in [0.717, 1.165) is 17.3 Å². The molecule has 1 rings (SSSR count). The summed E-state index contributed by atoms with van der Waals surface area (Å²) in [6.07, 6.45) is 0.932. The van der Waals surface area contributed by atoms with Gasteiger partial charge in [-0.05, 0) is 24.8 Å². The van der Waals surface area contributed by atoms with E-state index < -0.39 is 23.8 Å². The van der Waals surface area contributed by atoms with Crippen LogP contribution in [0.3, 0.4) is 0 Å². The molecule has 0 saturated heterocycles.